The molecule has 0 saturated carbocycles. The van der Waals surface area contributed by atoms with Crippen LogP contribution in [-0.4, -0.2) is 96.7 Å². The smallest absolute Gasteiger partial charge is 0.462 e. The molecule has 0 heterocycles. The Morgan fingerprint density at radius 3 is 0.773 bits per heavy atom. The summed E-state index contributed by atoms with van der Waals surface area (Å²) >= 11 is 0. The lowest BCUT2D eigenvalue weighted by atomic mass is 10.0. The summed E-state index contributed by atoms with van der Waals surface area (Å²) in [5.41, 5.74) is 0. The fourth-order valence-electron chi connectivity index (χ4n) is 10.4. The van der Waals surface area contributed by atoms with E-state index in [-0.39, 0.29) is 25.7 Å². The van der Waals surface area contributed by atoms with E-state index in [4.69, 9.17) is 37.0 Å². The minimum atomic E-state index is -4.95. The van der Waals surface area contributed by atoms with E-state index in [1.807, 2.05) is 0 Å². The molecule has 0 spiro atoms. The molecule has 88 heavy (non-hydrogen) atoms. The summed E-state index contributed by atoms with van der Waals surface area (Å²) in [5.74, 6) is 0.153. The molecule has 19 heteroatoms. The fraction of sp³-hybridized carbons (Fsp3) is 0.942. The average Bonchev–Trinajstić information content (AvgIpc) is 3.66. The monoisotopic (exact) mass is 1300 g/mol. The highest BCUT2D eigenvalue weighted by Gasteiger charge is 2.30. The number of phosphoric ester groups is 2. The van der Waals surface area contributed by atoms with Crippen molar-refractivity contribution in [2.75, 3.05) is 39.6 Å². The van der Waals surface area contributed by atoms with Crippen molar-refractivity contribution < 1.29 is 80.2 Å². The Labute approximate surface area is 537 Å². The van der Waals surface area contributed by atoms with Crippen LogP contribution in [0.1, 0.15) is 344 Å². The number of aliphatic hydroxyl groups excluding tert-OH is 1. The van der Waals surface area contributed by atoms with Crippen molar-refractivity contribution in [2.24, 2.45) is 17.8 Å². The summed E-state index contributed by atoms with van der Waals surface area (Å²) in [5, 5.41) is 10.5. The van der Waals surface area contributed by atoms with Gasteiger partial charge in [0.25, 0.3) is 0 Å². The van der Waals surface area contributed by atoms with Crippen LogP contribution < -0.4 is 0 Å². The molecule has 0 saturated heterocycles. The van der Waals surface area contributed by atoms with E-state index in [2.05, 4.69) is 48.5 Å². The predicted octanol–water partition coefficient (Wildman–Crippen LogP) is 19.5. The third-order valence-electron chi connectivity index (χ3n) is 15.9. The fourth-order valence-corrected chi connectivity index (χ4v) is 11.9. The molecule has 2 unspecified atom stereocenters. The second-order valence-electron chi connectivity index (χ2n) is 26.3. The first-order chi connectivity index (χ1) is 42.2. The van der Waals surface area contributed by atoms with Gasteiger partial charge in [-0.05, 0) is 43.4 Å². The zero-order valence-electron chi connectivity index (χ0n) is 57.2. The first kappa shape index (κ1) is 86.1. The highest BCUT2D eigenvalue weighted by molar-refractivity contribution is 7.47. The van der Waals surface area contributed by atoms with Gasteiger partial charge >= 0.3 is 39.5 Å². The SMILES string of the molecule is CCCCCCCC(=O)OC[C@H](COP(=O)(O)OC[C@H](O)COP(=O)(O)OC[C@@H](COC(=O)CCCCCCCCCCCCCC(C)C)OC(=O)CCCCCCCCCCCCCCCCCC(C)C)OC(=O)CCCCCCCCCCC(C)C. The molecule has 0 fully saturated rings. The van der Waals surface area contributed by atoms with Gasteiger partial charge in [-0.25, -0.2) is 9.13 Å². The van der Waals surface area contributed by atoms with Gasteiger partial charge in [0.1, 0.15) is 19.3 Å². The van der Waals surface area contributed by atoms with Crippen LogP contribution in [0.4, 0.5) is 0 Å². The minimum Gasteiger partial charge on any atom is -0.462 e. The number of aliphatic hydroxyl groups is 1. The number of rotatable bonds is 67. The normalized spacial score (nSPS) is 14.2. The Balaban J connectivity index is 5.16. The number of ether oxygens (including phenoxy) is 4. The lowest BCUT2D eigenvalue weighted by Gasteiger charge is -2.21. The molecule has 0 amide bonds. The quantitative estimate of drug-likeness (QED) is 0.0222. The Morgan fingerprint density at radius 1 is 0.307 bits per heavy atom. The van der Waals surface area contributed by atoms with Gasteiger partial charge in [-0.3, -0.25) is 37.3 Å². The summed E-state index contributed by atoms with van der Waals surface area (Å²) in [6.45, 7) is 11.7. The Morgan fingerprint density at radius 2 is 0.523 bits per heavy atom. The molecule has 3 N–H and O–H groups in total. The van der Waals surface area contributed by atoms with Crippen LogP contribution in [0.15, 0.2) is 0 Å². The summed E-state index contributed by atoms with van der Waals surface area (Å²) in [6.07, 6.45) is 43.5. The van der Waals surface area contributed by atoms with E-state index in [0.29, 0.717) is 25.7 Å². The third-order valence-corrected chi connectivity index (χ3v) is 17.8. The van der Waals surface area contributed by atoms with E-state index >= 15 is 0 Å². The molecule has 0 rings (SSSR count). The average molecular weight is 1300 g/mol. The molecule has 0 aromatic carbocycles. The summed E-state index contributed by atoms with van der Waals surface area (Å²) in [7, 11) is -9.89. The summed E-state index contributed by atoms with van der Waals surface area (Å²) in [4.78, 5) is 72.2. The van der Waals surface area contributed by atoms with Crippen molar-refractivity contribution in [3.63, 3.8) is 0 Å². The number of hydrogen-bond donors (Lipinski definition) is 3. The van der Waals surface area contributed by atoms with Crippen molar-refractivity contribution in [2.45, 2.75) is 362 Å². The molecule has 0 aliphatic rings. The number of hydrogen-bond acceptors (Lipinski definition) is 15. The molecule has 0 radical (unpaired) electrons. The third kappa shape index (κ3) is 62.8. The molecule has 0 aromatic rings. The van der Waals surface area contributed by atoms with E-state index < -0.39 is 97.5 Å². The molecule has 0 bridgehead atoms. The maximum Gasteiger partial charge on any atom is 0.472 e. The summed E-state index contributed by atoms with van der Waals surface area (Å²) < 4.78 is 68.0. The number of unbranched alkanes of at least 4 members (excludes halogenated alkanes) is 35. The van der Waals surface area contributed by atoms with Gasteiger partial charge < -0.3 is 33.8 Å². The molecule has 17 nitrogen and oxygen atoms in total. The largest absolute Gasteiger partial charge is 0.472 e. The van der Waals surface area contributed by atoms with Gasteiger partial charge in [-0.2, -0.15) is 0 Å². The van der Waals surface area contributed by atoms with Crippen LogP contribution >= 0.6 is 15.6 Å². The van der Waals surface area contributed by atoms with E-state index in [1.165, 1.54) is 148 Å². The van der Waals surface area contributed by atoms with Crippen LogP contribution in [0.2, 0.25) is 0 Å². The summed E-state index contributed by atoms with van der Waals surface area (Å²) in [6, 6.07) is 0. The van der Waals surface area contributed by atoms with Crippen LogP contribution in [0.5, 0.6) is 0 Å². The van der Waals surface area contributed by atoms with Crippen LogP contribution in [-0.2, 0) is 65.4 Å². The lowest BCUT2D eigenvalue weighted by Crippen LogP contribution is -2.30. The highest BCUT2D eigenvalue weighted by Crippen LogP contribution is 2.45. The maximum atomic E-state index is 13.0. The second kappa shape index (κ2) is 60.0. The Kier molecular flexibility index (Phi) is 58.7. The predicted molar refractivity (Wildman–Crippen MR) is 354 cm³/mol. The van der Waals surface area contributed by atoms with Crippen molar-refractivity contribution in [1.29, 1.82) is 0 Å². The molecule has 5 atom stereocenters. The van der Waals surface area contributed by atoms with Crippen molar-refractivity contribution in [1.82, 2.24) is 0 Å². The van der Waals surface area contributed by atoms with E-state index in [0.717, 1.165) is 114 Å². The van der Waals surface area contributed by atoms with E-state index in [1.54, 1.807) is 0 Å². The molecule has 0 aliphatic carbocycles. The lowest BCUT2D eigenvalue weighted by molar-refractivity contribution is -0.161. The van der Waals surface area contributed by atoms with Crippen molar-refractivity contribution in [3.05, 3.63) is 0 Å². The first-order valence-corrected chi connectivity index (χ1v) is 38.8. The van der Waals surface area contributed by atoms with Gasteiger partial charge in [0.15, 0.2) is 12.2 Å². The standard InChI is InChI=1S/C69H134O17P2/c1-8-9-10-33-43-50-66(71)79-56-64(85-69(74)53-46-39-32-26-25-29-36-42-49-62(6)7)58-83-87(75,76)81-54-63(70)55-82-88(77,78)84-59-65(57-80-67(72)51-44-37-30-23-20-16-18-22-28-35-41-48-61(4)5)86-68(73)52-45-38-31-24-19-15-13-11-12-14-17-21-27-34-40-47-60(2)3/h60-65,70H,8-59H2,1-7H3,(H,75,76)(H,77,78)/t63-,64+,65+/m0/s1. The molecule has 0 aromatic heterocycles. The zero-order chi connectivity index (χ0) is 65.2. The molecular formula is C69H134O17P2. The van der Waals surface area contributed by atoms with Gasteiger partial charge in [-0.1, -0.05) is 292 Å². The van der Waals surface area contributed by atoms with Gasteiger partial charge in [0, 0.05) is 25.7 Å². The van der Waals surface area contributed by atoms with Crippen LogP contribution in [0.25, 0.3) is 0 Å². The van der Waals surface area contributed by atoms with E-state index in [9.17, 15) is 43.2 Å². The van der Waals surface area contributed by atoms with Gasteiger partial charge in [0.2, 0.25) is 0 Å². The highest BCUT2D eigenvalue weighted by atomic mass is 31.2. The topological polar surface area (TPSA) is 237 Å². The van der Waals surface area contributed by atoms with Crippen molar-refractivity contribution >= 4 is 39.5 Å². The van der Waals surface area contributed by atoms with Gasteiger partial charge in [0.05, 0.1) is 26.4 Å². The second-order valence-corrected chi connectivity index (χ2v) is 29.3. The maximum absolute atomic E-state index is 13.0. The minimum absolute atomic E-state index is 0.103. The molecule has 0 aliphatic heterocycles. The number of carbonyl (C=O) groups is 4. The Bertz CT molecular complexity index is 1730. The number of esters is 4. The number of carbonyl (C=O) groups excluding carboxylic acids is 4. The molecular weight excluding hydrogens is 1160 g/mol. The van der Waals surface area contributed by atoms with Crippen LogP contribution in [0.3, 0.4) is 0 Å². The Hall–Kier alpha value is -1.94. The number of phosphoric acid groups is 2. The zero-order valence-corrected chi connectivity index (χ0v) is 59.0. The van der Waals surface area contributed by atoms with Crippen LogP contribution in [0, 0.1) is 17.8 Å². The first-order valence-electron chi connectivity index (χ1n) is 35.8. The van der Waals surface area contributed by atoms with Crippen molar-refractivity contribution in [3.8, 4) is 0 Å². The van der Waals surface area contributed by atoms with Gasteiger partial charge in [-0.15, -0.1) is 0 Å². The molecule has 522 valence electrons.